The van der Waals surface area contributed by atoms with Crippen LogP contribution in [0.1, 0.15) is 19.4 Å². The predicted molar refractivity (Wildman–Crippen MR) is 117 cm³/mol. The van der Waals surface area contributed by atoms with E-state index in [2.05, 4.69) is 0 Å². The summed E-state index contributed by atoms with van der Waals surface area (Å²) in [6.45, 7) is 4.76. The number of ether oxygens (including phenoxy) is 3. The first kappa shape index (κ1) is 21.8. The highest BCUT2D eigenvalue weighted by Gasteiger charge is 2.44. The summed E-state index contributed by atoms with van der Waals surface area (Å²) in [5.41, 5.74) is 1.33. The van der Waals surface area contributed by atoms with Gasteiger partial charge in [0, 0.05) is 31.3 Å². The number of benzene rings is 2. The fraction of sp³-hybridized carbons (Fsp3) is 0.333. The summed E-state index contributed by atoms with van der Waals surface area (Å²) < 4.78 is 30.0. The van der Waals surface area contributed by atoms with Crippen molar-refractivity contribution in [2.75, 3.05) is 32.2 Å². The molecule has 168 valence electrons. The summed E-state index contributed by atoms with van der Waals surface area (Å²) in [5, 5.41) is 0. The molecule has 32 heavy (non-hydrogen) atoms. The van der Waals surface area contributed by atoms with Crippen LogP contribution in [0.4, 0.5) is 10.1 Å². The second kappa shape index (κ2) is 8.63. The number of rotatable bonds is 5. The average molecular weight is 440 g/mol. The quantitative estimate of drug-likeness (QED) is 0.665. The van der Waals surface area contributed by atoms with E-state index in [1.807, 2.05) is 18.7 Å². The van der Waals surface area contributed by atoms with Crippen molar-refractivity contribution in [1.82, 2.24) is 4.90 Å². The first-order valence-electron chi connectivity index (χ1n) is 10.3. The normalized spacial score (nSPS) is 21.4. The molecule has 0 aromatic heterocycles. The van der Waals surface area contributed by atoms with Crippen LogP contribution < -0.4 is 14.4 Å². The Balaban J connectivity index is 1.84. The van der Waals surface area contributed by atoms with E-state index >= 15 is 0 Å². The molecule has 4 rings (SSSR count). The van der Waals surface area contributed by atoms with Crippen LogP contribution in [0.2, 0.25) is 0 Å². The third-order valence-corrected chi connectivity index (χ3v) is 5.52. The lowest BCUT2D eigenvalue weighted by Crippen LogP contribution is -2.47. The van der Waals surface area contributed by atoms with Gasteiger partial charge in [0.1, 0.15) is 23.0 Å². The highest BCUT2D eigenvalue weighted by atomic mass is 19.1. The van der Waals surface area contributed by atoms with Crippen molar-refractivity contribution in [3.8, 4) is 11.5 Å². The Morgan fingerprint density at radius 1 is 0.906 bits per heavy atom. The minimum atomic E-state index is -0.487. The molecule has 0 saturated carbocycles. The number of halogens is 1. The number of carbonyl (C=O) groups is 2. The molecule has 2 atom stereocenters. The Bertz CT molecular complexity index is 1050. The minimum absolute atomic E-state index is 0.116. The fourth-order valence-electron chi connectivity index (χ4n) is 4.20. The van der Waals surface area contributed by atoms with Gasteiger partial charge in [-0.25, -0.2) is 9.29 Å². The molecule has 8 heteroatoms. The van der Waals surface area contributed by atoms with Crippen molar-refractivity contribution in [3.63, 3.8) is 0 Å². The first-order valence-corrected chi connectivity index (χ1v) is 10.3. The smallest absolute Gasteiger partial charge is 0.282 e. The number of carbonyl (C=O) groups excluding carboxylic acids is 2. The average Bonchev–Trinajstić information content (AvgIpc) is 3.03. The number of hydrogen-bond donors (Lipinski definition) is 0. The highest BCUT2D eigenvalue weighted by Crippen LogP contribution is 2.38. The maximum atomic E-state index is 13.7. The van der Waals surface area contributed by atoms with E-state index in [9.17, 15) is 14.0 Å². The molecule has 0 aliphatic carbocycles. The van der Waals surface area contributed by atoms with Gasteiger partial charge in [-0.1, -0.05) is 12.1 Å². The van der Waals surface area contributed by atoms with Crippen molar-refractivity contribution in [2.24, 2.45) is 0 Å². The van der Waals surface area contributed by atoms with Crippen LogP contribution in [-0.2, 0) is 14.3 Å². The summed E-state index contributed by atoms with van der Waals surface area (Å²) in [7, 11) is 2.99. The largest absolute Gasteiger partial charge is 0.497 e. The third-order valence-electron chi connectivity index (χ3n) is 5.52. The number of anilines is 1. The molecule has 2 aliphatic heterocycles. The van der Waals surface area contributed by atoms with Crippen LogP contribution in [-0.4, -0.2) is 56.2 Å². The second-order valence-corrected chi connectivity index (χ2v) is 7.91. The SMILES string of the molecule is COc1cc(OC)cc(N2C(=O)C(c3ccc(F)cc3)=C(N3CC(C)OC(C)C3)C2=O)c1. The van der Waals surface area contributed by atoms with E-state index in [-0.39, 0.29) is 23.5 Å². The van der Waals surface area contributed by atoms with E-state index in [0.717, 1.165) is 4.90 Å². The van der Waals surface area contributed by atoms with E-state index < -0.39 is 17.6 Å². The molecule has 1 fully saturated rings. The highest BCUT2D eigenvalue weighted by molar-refractivity contribution is 6.45. The Kier molecular flexibility index (Phi) is 5.88. The van der Waals surface area contributed by atoms with Gasteiger partial charge in [0.15, 0.2) is 0 Å². The molecule has 0 N–H and O–H groups in total. The number of amides is 2. The van der Waals surface area contributed by atoms with Gasteiger partial charge in [0.25, 0.3) is 11.8 Å². The molecular weight excluding hydrogens is 415 g/mol. The van der Waals surface area contributed by atoms with Crippen molar-refractivity contribution in [2.45, 2.75) is 26.1 Å². The molecule has 2 heterocycles. The van der Waals surface area contributed by atoms with Gasteiger partial charge in [0.05, 0.1) is 37.7 Å². The monoisotopic (exact) mass is 440 g/mol. The zero-order valence-corrected chi connectivity index (χ0v) is 18.4. The van der Waals surface area contributed by atoms with Gasteiger partial charge >= 0.3 is 0 Å². The Labute approximate surface area is 186 Å². The number of hydrogen-bond acceptors (Lipinski definition) is 6. The van der Waals surface area contributed by atoms with Crippen molar-refractivity contribution in [1.29, 1.82) is 0 Å². The summed E-state index contributed by atoms with van der Waals surface area (Å²) in [6, 6.07) is 10.5. The fourth-order valence-corrected chi connectivity index (χ4v) is 4.20. The molecule has 2 amide bonds. The van der Waals surface area contributed by atoms with Gasteiger partial charge in [-0.2, -0.15) is 0 Å². The summed E-state index contributed by atoms with van der Waals surface area (Å²) in [5.74, 6) is -0.462. The maximum Gasteiger partial charge on any atom is 0.282 e. The molecule has 1 saturated heterocycles. The molecule has 0 spiro atoms. The van der Waals surface area contributed by atoms with Crippen LogP contribution in [0.15, 0.2) is 48.2 Å². The van der Waals surface area contributed by atoms with Crippen LogP contribution in [0.3, 0.4) is 0 Å². The maximum absolute atomic E-state index is 13.7. The number of methoxy groups -OCH3 is 2. The number of imide groups is 1. The second-order valence-electron chi connectivity index (χ2n) is 7.91. The summed E-state index contributed by atoms with van der Waals surface area (Å²) >= 11 is 0. The van der Waals surface area contributed by atoms with Gasteiger partial charge in [-0.15, -0.1) is 0 Å². The van der Waals surface area contributed by atoms with E-state index in [1.54, 1.807) is 18.2 Å². The Morgan fingerprint density at radius 3 is 2.00 bits per heavy atom. The molecule has 0 bridgehead atoms. The van der Waals surface area contributed by atoms with Crippen LogP contribution in [0.5, 0.6) is 11.5 Å². The zero-order valence-electron chi connectivity index (χ0n) is 18.4. The Hall–Kier alpha value is -3.39. The number of morpholine rings is 1. The van der Waals surface area contributed by atoms with Crippen molar-refractivity contribution >= 4 is 23.1 Å². The molecule has 2 aliphatic rings. The van der Waals surface area contributed by atoms with Crippen LogP contribution >= 0.6 is 0 Å². The third kappa shape index (κ3) is 3.93. The van der Waals surface area contributed by atoms with Gasteiger partial charge in [0.2, 0.25) is 0 Å². The topological polar surface area (TPSA) is 68.3 Å². The number of nitrogens with zero attached hydrogens (tertiary/aromatic N) is 2. The van der Waals surface area contributed by atoms with Gasteiger partial charge in [-0.3, -0.25) is 9.59 Å². The van der Waals surface area contributed by atoms with Crippen LogP contribution in [0, 0.1) is 5.82 Å². The lowest BCUT2D eigenvalue weighted by Gasteiger charge is -2.37. The molecule has 2 aromatic carbocycles. The van der Waals surface area contributed by atoms with Crippen LogP contribution in [0.25, 0.3) is 5.57 Å². The van der Waals surface area contributed by atoms with E-state index in [1.165, 1.54) is 38.5 Å². The molecule has 0 radical (unpaired) electrons. The minimum Gasteiger partial charge on any atom is -0.497 e. The Morgan fingerprint density at radius 2 is 1.47 bits per heavy atom. The predicted octanol–water partition coefficient (Wildman–Crippen LogP) is 3.24. The van der Waals surface area contributed by atoms with E-state index in [4.69, 9.17) is 14.2 Å². The summed E-state index contributed by atoms with van der Waals surface area (Å²) in [6.07, 6.45) is -0.232. The lowest BCUT2D eigenvalue weighted by atomic mass is 10.0. The van der Waals surface area contributed by atoms with Gasteiger partial charge in [-0.05, 0) is 31.5 Å². The van der Waals surface area contributed by atoms with E-state index in [0.29, 0.717) is 35.8 Å². The molecule has 7 nitrogen and oxygen atoms in total. The standard InChI is InChI=1S/C24H25FN2O5/c1-14-12-26(13-15(2)32-14)22-21(16-5-7-17(25)8-6-16)23(28)27(24(22)29)18-9-19(30-3)11-20(10-18)31-4/h5-11,14-15H,12-13H2,1-4H3. The molecule has 2 unspecified atom stereocenters. The first-order chi connectivity index (χ1) is 15.3. The summed E-state index contributed by atoms with van der Waals surface area (Å²) in [4.78, 5) is 30.3. The zero-order chi connectivity index (χ0) is 23.0. The van der Waals surface area contributed by atoms with Gasteiger partial charge < -0.3 is 19.1 Å². The van der Waals surface area contributed by atoms with Crippen molar-refractivity contribution < 1.29 is 28.2 Å². The van der Waals surface area contributed by atoms with Crippen molar-refractivity contribution in [3.05, 3.63) is 59.5 Å². The molecule has 2 aromatic rings. The lowest BCUT2D eigenvalue weighted by molar-refractivity contribution is -0.121. The molecular formula is C24H25FN2O5.